The standard InChI is InChI=1S/C43H47F3O9SSi/c1-42(2,3)57(38-17-11-7-12-18-38,39-19-13-8-14-20-39)54-30-35-28-37(52-29-32-15-9-6-10-16-32)27-34(41(35)50-5)25-33-26-36(55-56(47,48)43(44,45)46)21-22-40(33)53-31-51-24-23-49-4/h6-22,26-28H,23-25,29-31H2,1-5H3. The van der Waals surface area contributed by atoms with Crippen molar-refractivity contribution in [3.05, 3.63) is 144 Å². The number of alkyl halides is 3. The van der Waals surface area contributed by atoms with Crippen molar-refractivity contribution in [2.75, 3.05) is 34.2 Å². The summed E-state index contributed by atoms with van der Waals surface area (Å²) < 4.78 is 105. The molecule has 5 aromatic carbocycles. The van der Waals surface area contributed by atoms with Crippen molar-refractivity contribution in [3.8, 4) is 23.0 Å². The van der Waals surface area contributed by atoms with Crippen LogP contribution < -0.4 is 28.8 Å². The van der Waals surface area contributed by atoms with Crippen LogP contribution in [0.4, 0.5) is 13.2 Å². The zero-order valence-corrected chi connectivity index (χ0v) is 34.3. The second-order valence-corrected chi connectivity index (χ2v) is 19.9. The summed E-state index contributed by atoms with van der Waals surface area (Å²) in [4.78, 5) is 0. The van der Waals surface area contributed by atoms with Crippen LogP contribution in [0.15, 0.2) is 121 Å². The first-order valence-electron chi connectivity index (χ1n) is 18.1. The minimum atomic E-state index is -5.96. The van der Waals surface area contributed by atoms with E-state index in [-0.39, 0.29) is 49.4 Å². The smallest absolute Gasteiger partial charge is 0.496 e. The number of hydrogen-bond acceptors (Lipinski definition) is 9. The summed E-state index contributed by atoms with van der Waals surface area (Å²) in [5, 5.41) is 1.83. The molecule has 9 nitrogen and oxygen atoms in total. The van der Waals surface area contributed by atoms with E-state index >= 15 is 0 Å². The largest absolute Gasteiger partial charge is 0.534 e. The average Bonchev–Trinajstić information content (AvgIpc) is 3.18. The molecular weight excluding hydrogens is 778 g/mol. The van der Waals surface area contributed by atoms with Crippen molar-refractivity contribution >= 4 is 28.8 Å². The molecular formula is C43H47F3O9SSi. The van der Waals surface area contributed by atoms with Gasteiger partial charge < -0.3 is 32.3 Å². The third-order valence-electron chi connectivity index (χ3n) is 9.16. The highest BCUT2D eigenvalue weighted by Gasteiger charge is 2.50. The lowest BCUT2D eigenvalue weighted by Crippen LogP contribution is -2.66. The fourth-order valence-electron chi connectivity index (χ4n) is 6.57. The molecule has 0 aliphatic carbocycles. The van der Waals surface area contributed by atoms with Crippen LogP contribution in [0.5, 0.6) is 23.0 Å². The molecule has 0 unspecified atom stereocenters. The van der Waals surface area contributed by atoms with Gasteiger partial charge in [-0.15, -0.1) is 0 Å². The van der Waals surface area contributed by atoms with Gasteiger partial charge in [0.05, 0.1) is 26.9 Å². The fraction of sp³-hybridized carbons (Fsp3) is 0.302. The van der Waals surface area contributed by atoms with Crippen molar-refractivity contribution in [3.63, 3.8) is 0 Å². The molecule has 0 N–H and O–H groups in total. The van der Waals surface area contributed by atoms with E-state index in [4.69, 9.17) is 28.1 Å². The summed E-state index contributed by atoms with van der Waals surface area (Å²) >= 11 is 0. The average molecular weight is 825 g/mol. The summed E-state index contributed by atoms with van der Waals surface area (Å²) in [6.07, 6.45) is -0.00536. The van der Waals surface area contributed by atoms with Crippen LogP contribution in [0.25, 0.3) is 0 Å². The molecule has 14 heteroatoms. The SMILES string of the molecule is COCCOCOc1ccc(OS(=O)(=O)C(F)(F)F)cc1Cc1cc(OCc2ccccc2)cc(CO[Si](c2ccccc2)(c2ccccc2)C(C)(C)C)c1OC. The van der Waals surface area contributed by atoms with Crippen molar-refractivity contribution < 1.29 is 53.9 Å². The van der Waals surface area contributed by atoms with Crippen LogP contribution in [-0.4, -0.2) is 56.5 Å². The Morgan fingerprint density at radius 1 is 0.649 bits per heavy atom. The molecule has 0 aliphatic rings. The zero-order chi connectivity index (χ0) is 41.1. The highest BCUT2D eigenvalue weighted by molar-refractivity contribution is 7.88. The van der Waals surface area contributed by atoms with E-state index in [9.17, 15) is 21.6 Å². The molecule has 304 valence electrons. The molecule has 0 aromatic heterocycles. The second-order valence-electron chi connectivity index (χ2n) is 14.1. The Morgan fingerprint density at radius 2 is 1.23 bits per heavy atom. The lowest BCUT2D eigenvalue weighted by atomic mass is 9.99. The van der Waals surface area contributed by atoms with Gasteiger partial charge in [0, 0.05) is 30.2 Å². The van der Waals surface area contributed by atoms with Crippen molar-refractivity contribution in [1.29, 1.82) is 0 Å². The Balaban J connectivity index is 1.61. The van der Waals surface area contributed by atoms with Gasteiger partial charge in [0.1, 0.15) is 29.6 Å². The first-order chi connectivity index (χ1) is 27.2. The van der Waals surface area contributed by atoms with E-state index in [1.165, 1.54) is 26.4 Å². The summed E-state index contributed by atoms with van der Waals surface area (Å²) in [7, 11) is -5.95. The Bertz CT molecular complexity index is 2110. The van der Waals surface area contributed by atoms with Gasteiger partial charge in [0.2, 0.25) is 0 Å². The summed E-state index contributed by atoms with van der Waals surface area (Å²) in [6.45, 7) is 7.20. The predicted molar refractivity (Wildman–Crippen MR) is 214 cm³/mol. The minimum Gasteiger partial charge on any atom is -0.496 e. The van der Waals surface area contributed by atoms with Crippen molar-refractivity contribution in [2.45, 2.75) is 51.0 Å². The molecule has 0 spiro atoms. The van der Waals surface area contributed by atoms with E-state index in [1.807, 2.05) is 72.8 Å². The molecule has 0 heterocycles. The Kier molecular flexibility index (Phi) is 14.5. The van der Waals surface area contributed by atoms with Crippen LogP contribution in [0.1, 0.15) is 43.0 Å². The van der Waals surface area contributed by atoms with Crippen LogP contribution in [0, 0.1) is 0 Å². The summed E-state index contributed by atoms with van der Waals surface area (Å²) in [5.41, 5.74) is -3.20. The molecule has 0 aliphatic heterocycles. The van der Waals surface area contributed by atoms with Crippen LogP contribution in [0.2, 0.25) is 5.04 Å². The first kappa shape index (κ1) is 43.3. The summed E-state index contributed by atoms with van der Waals surface area (Å²) in [5.74, 6) is 0.581. The number of ether oxygens (including phenoxy) is 5. The van der Waals surface area contributed by atoms with Gasteiger partial charge in [-0.3, -0.25) is 0 Å². The zero-order valence-electron chi connectivity index (χ0n) is 32.5. The predicted octanol–water partition coefficient (Wildman–Crippen LogP) is 8.17. The monoisotopic (exact) mass is 824 g/mol. The number of benzene rings is 5. The molecule has 0 atom stereocenters. The van der Waals surface area contributed by atoms with Gasteiger partial charge in [-0.25, -0.2) is 0 Å². The third-order valence-corrected chi connectivity index (χ3v) is 15.1. The third kappa shape index (κ3) is 10.8. The summed E-state index contributed by atoms with van der Waals surface area (Å²) in [6, 6.07) is 37.2. The minimum absolute atomic E-state index is 0.00536. The highest BCUT2D eigenvalue weighted by atomic mass is 32.2. The lowest BCUT2D eigenvalue weighted by molar-refractivity contribution is -0.0500. The van der Waals surface area contributed by atoms with Crippen molar-refractivity contribution in [1.82, 2.24) is 0 Å². The normalized spacial score (nSPS) is 12.3. The Labute approximate surface area is 333 Å². The number of halogens is 3. The number of rotatable bonds is 19. The van der Waals surface area contributed by atoms with Gasteiger partial charge in [0.25, 0.3) is 8.32 Å². The second kappa shape index (κ2) is 19.1. The molecule has 0 amide bonds. The molecule has 57 heavy (non-hydrogen) atoms. The first-order valence-corrected chi connectivity index (χ1v) is 21.4. The van der Waals surface area contributed by atoms with E-state index in [1.54, 1.807) is 6.07 Å². The number of hydrogen-bond donors (Lipinski definition) is 0. The van der Waals surface area contributed by atoms with E-state index in [0.717, 1.165) is 22.0 Å². The molecule has 0 saturated carbocycles. The van der Waals surface area contributed by atoms with Gasteiger partial charge in [-0.05, 0) is 51.3 Å². The quantitative estimate of drug-likeness (QED) is 0.0269. The van der Waals surface area contributed by atoms with Crippen molar-refractivity contribution in [2.24, 2.45) is 0 Å². The maximum Gasteiger partial charge on any atom is 0.534 e. The lowest BCUT2D eigenvalue weighted by Gasteiger charge is -2.43. The maximum atomic E-state index is 13.3. The van der Waals surface area contributed by atoms with Crippen LogP contribution >= 0.6 is 0 Å². The van der Waals surface area contributed by atoms with Gasteiger partial charge in [0.15, 0.2) is 6.79 Å². The Morgan fingerprint density at radius 3 is 1.79 bits per heavy atom. The topological polar surface area (TPSA) is 98.8 Å². The molecule has 5 aromatic rings. The molecule has 0 bridgehead atoms. The number of methoxy groups -OCH3 is 2. The van der Waals surface area contributed by atoms with Gasteiger partial charge in [-0.2, -0.15) is 21.6 Å². The van der Waals surface area contributed by atoms with E-state index < -0.39 is 29.7 Å². The molecule has 5 rings (SSSR count). The molecule has 0 saturated heterocycles. The Hall–Kier alpha value is -4.86. The maximum absolute atomic E-state index is 13.3. The highest BCUT2D eigenvalue weighted by Crippen LogP contribution is 2.40. The van der Waals surface area contributed by atoms with Crippen LogP contribution in [0.3, 0.4) is 0 Å². The van der Waals surface area contributed by atoms with E-state index in [0.29, 0.717) is 29.2 Å². The van der Waals surface area contributed by atoms with Gasteiger partial charge in [-0.1, -0.05) is 112 Å². The van der Waals surface area contributed by atoms with E-state index in [2.05, 4.69) is 49.2 Å². The van der Waals surface area contributed by atoms with Crippen LogP contribution in [-0.2, 0) is 43.7 Å². The fourth-order valence-corrected chi connectivity index (χ4v) is 11.5. The molecule has 0 radical (unpaired) electrons. The molecule has 0 fully saturated rings. The van der Waals surface area contributed by atoms with Gasteiger partial charge >= 0.3 is 15.6 Å².